The molecule has 0 saturated carbocycles. The van der Waals surface area contributed by atoms with Gasteiger partial charge >= 0.3 is 0 Å². The Balaban J connectivity index is 2.40. The topological polar surface area (TPSA) is 34.9 Å². The minimum absolute atomic E-state index is 0.0000949. The smallest absolute Gasteiger partial charge is 0.219 e. The van der Waals surface area contributed by atoms with Gasteiger partial charge in [-0.1, -0.05) is 24.3 Å². The van der Waals surface area contributed by atoms with E-state index in [0.717, 1.165) is 5.56 Å². The molecule has 0 bridgehead atoms. The molecule has 0 aliphatic heterocycles. The first-order valence-corrected chi connectivity index (χ1v) is 5.85. The van der Waals surface area contributed by atoms with Crippen LogP contribution in [0, 0.1) is 5.95 Å². The van der Waals surface area contributed by atoms with Gasteiger partial charge in [0.05, 0.1) is 11.8 Å². The molecule has 1 aromatic carbocycles. The van der Waals surface area contributed by atoms with Gasteiger partial charge in [-0.05, 0) is 26.3 Å². The van der Waals surface area contributed by atoms with E-state index >= 15 is 0 Å². The average molecular weight is 246 g/mol. The molecule has 2 aromatic rings. The largest absolute Gasteiger partial charge is 0.295 e. The molecular weight excluding hydrogens is 231 g/mol. The van der Waals surface area contributed by atoms with E-state index in [9.17, 15) is 9.18 Å². The zero-order valence-electron chi connectivity index (χ0n) is 10.6. The van der Waals surface area contributed by atoms with Crippen LogP contribution in [-0.2, 0) is 0 Å². The van der Waals surface area contributed by atoms with E-state index in [4.69, 9.17) is 0 Å². The first kappa shape index (κ1) is 12.5. The lowest BCUT2D eigenvalue weighted by Gasteiger charge is -2.06. The number of ketones is 1. The van der Waals surface area contributed by atoms with Crippen molar-refractivity contribution in [2.24, 2.45) is 0 Å². The minimum atomic E-state index is -0.347. The van der Waals surface area contributed by atoms with E-state index in [1.165, 1.54) is 17.8 Å². The van der Waals surface area contributed by atoms with Crippen molar-refractivity contribution >= 4 is 5.78 Å². The van der Waals surface area contributed by atoms with Crippen molar-refractivity contribution in [2.75, 3.05) is 0 Å². The van der Waals surface area contributed by atoms with Crippen LogP contribution in [0.3, 0.4) is 0 Å². The second-order valence-electron chi connectivity index (χ2n) is 4.52. The van der Waals surface area contributed by atoms with E-state index in [0.29, 0.717) is 11.1 Å². The molecule has 4 heteroatoms. The molecular formula is C14H15FN2O. The van der Waals surface area contributed by atoms with Crippen molar-refractivity contribution in [2.45, 2.75) is 26.8 Å². The predicted octanol–water partition coefficient (Wildman–Crippen LogP) is 3.47. The summed E-state index contributed by atoms with van der Waals surface area (Å²) in [6, 6.07) is 6.85. The Morgan fingerprint density at radius 2 is 1.89 bits per heavy atom. The van der Waals surface area contributed by atoms with Gasteiger partial charge in [-0.15, -0.1) is 0 Å². The first-order chi connectivity index (χ1) is 8.50. The summed E-state index contributed by atoms with van der Waals surface area (Å²) in [5.41, 5.74) is 1.80. The third-order valence-corrected chi connectivity index (χ3v) is 2.83. The molecule has 0 fully saturated rings. The molecule has 0 aliphatic rings. The summed E-state index contributed by atoms with van der Waals surface area (Å²) in [7, 11) is 0. The molecule has 0 atom stereocenters. The molecule has 2 rings (SSSR count). The Labute approximate surface area is 105 Å². The van der Waals surface area contributed by atoms with Crippen LogP contribution < -0.4 is 0 Å². The van der Waals surface area contributed by atoms with Gasteiger partial charge in [-0.25, -0.2) is 4.68 Å². The van der Waals surface area contributed by atoms with Crippen molar-refractivity contribution in [1.82, 2.24) is 9.78 Å². The first-order valence-electron chi connectivity index (χ1n) is 5.85. The lowest BCUT2D eigenvalue weighted by molar-refractivity contribution is 0.101. The van der Waals surface area contributed by atoms with Crippen molar-refractivity contribution in [3.8, 4) is 11.1 Å². The zero-order valence-corrected chi connectivity index (χ0v) is 10.6. The van der Waals surface area contributed by atoms with Gasteiger partial charge in [0.15, 0.2) is 5.78 Å². The Bertz CT molecular complexity index is 570. The quantitative estimate of drug-likeness (QED) is 0.777. The molecule has 0 aliphatic carbocycles. The van der Waals surface area contributed by atoms with E-state index in [1.54, 1.807) is 24.3 Å². The fourth-order valence-electron chi connectivity index (χ4n) is 1.79. The van der Waals surface area contributed by atoms with Crippen LogP contribution in [0.5, 0.6) is 0 Å². The summed E-state index contributed by atoms with van der Waals surface area (Å²) in [5, 5.41) is 4.02. The number of carbonyl (C=O) groups is 1. The predicted molar refractivity (Wildman–Crippen MR) is 68.0 cm³/mol. The van der Waals surface area contributed by atoms with Crippen LogP contribution in [0.25, 0.3) is 11.1 Å². The van der Waals surface area contributed by atoms with Gasteiger partial charge < -0.3 is 0 Å². The number of Topliss-reactive ketones (excluding diaryl/α,β-unsaturated/α-hetero) is 1. The maximum Gasteiger partial charge on any atom is 0.219 e. The Morgan fingerprint density at radius 3 is 2.33 bits per heavy atom. The highest BCUT2D eigenvalue weighted by molar-refractivity contribution is 5.94. The van der Waals surface area contributed by atoms with Crippen LogP contribution in [0.15, 0.2) is 30.5 Å². The van der Waals surface area contributed by atoms with E-state index in [2.05, 4.69) is 5.10 Å². The molecule has 0 unspecified atom stereocenters. The number of nitrogens with zero attached hydrogens (tertiary/aromatic N) is 2. The standard InChI is InChI=1S/C14H15FN2O/c1-9(2)17-14(15)13(8-16-17)12-6-4-11(5-7-12)10(3)18/h4-9H,1-3H3. The van der Waals surface area contributed by atoms with Crippen LogP contribution >= 0.6 is 0 Å². The monoisotopic (exact) mass is 246 g/mol. The highest BCUT2D eigenvalue weighted by atomic mass is 19.1. The number of halogens is 1. The van der Waals surface area contributed by atoms with Crippen LogP contribution in [0.1, 0.15) is 37.2 Å². The highest BCUT2D eigenvalue weighted by Crippen LogP contribution is 2.24. The third kappa shape index (κ3) is 2.18. The number of aromatic nitrogens is 2. The van der Waals surface area contributed by atoms with Crippen molar-refractivity contribution < 1.29 is 9.18 Å². The van der Waals surface area contributed by atoms with Gasteiger partial charge in [0.25, 0.3) is 0 Å². The second kappa shape index (κ2) is 4.72. The third-order valence-electron chi connectivity index (χ3n) is 2.83. The SMILES string of the molecule is CC(=O)c1ccc(-c2cnn(C(C)C)c2F)cc1. The van der Waals surface area contributed by atoms with E-state index in [-0.39, 0.29) is 17.8 Å². The van der Waals surface area contributed by atoms with Gasteiger partial charge in [0, 0.05) is 11.6 Å². The summed E-state index contributed by atoms with van der Waals surface area (Å²) in [6.07, 6.45) is 1.51. The van der Waals surface area contributed by atoms with E-state index in [1.807, 2.05) is 13.8 Å². The maximum absolute atomic E-state index is 14.1. The molecule has 0 radical (unpaired) electrons. The molecule has 1 heterocycles. The van der Waals surface area contributed by atoms with Gasteiger partial charge in [0.1, 0.15) is 0 Å². The normalized spacial score (nSPS) is 10.9. The molecule has 0 spiro atoms. The van der Waals surface area contributed by atoms with Crippen molar-refractivity contribution in [3.63, 3.8) is 0 Å². The number of hydrogen-bond acceptors (Lipinski definition) is 2. The van der Waals surface area contributed by atoms with Crippen molar-refractivity contribution in [1.29, 1.82) is 0 Å². The van der Waals surface area contributed by atoms with Crippen molar-refractivity contribution in [3.05, 3.63) is 42.0 Å². The summed E-state index contributed by atoms with van der Waals surface area (Å²) in [6.45, 7) is 5.25. The molecule has 18 heavy (non-hydrogen) atoms. The Morgan fingerprint density at radius 1 is 1.28 bits per heavy atom. The zero-order chi connectivity index (χ0) is 13.3. The molecule has 1 aromatic heterocycles. The second-order valence-corrected chi connectivity index (χ2v) is 4.52. The number of benzene rings is 1. The van der Waals surface area contributed by atoms with Gasteiger partial charge in [0.2, 0.25) is 5.95 Å². The average Bonchev–Trinajstić information content (AvgIpc) is 2.71. The summed E-state index contributed by atoms with van der Waals surface area (Å²) in [4.78, 5) is 11.2. The lowest BCUT2D eigenvalue weighted by atomic mass is 10.1. The van der Waals surface area contributed by atoms with Crippen LogP contribution in [0.2, 0.25) is 0 Å². The Kier molecular flexibility index (Phi) is 3.28. The highest BCUT2D eigenvalue weighted by Gasteiger charge is 2.14. The molecule has 0 N–H and O–H groups in total. The maximum atomic E-state index is 14.1. The fraction of sp³-hybridized carbons (Fsp3) is 0.286. The van der Waals surface area contributed by atoms with Crippen LogP contribution in [0.4, 0.5) is 4.39 Å². The molecule has 94 valence electrons. The van der Waals surface area contributed by atoms with Crippen LogP contribution in [-0.4, -0.2) is 15.6 Å². The minimum Gasteiger partial charge on any atom is -0.295 e. The lowest BCUT2D eigenvalue weighted by Crippen LogP contribution is -2.05. The molecule has 0 amide bonds. The summed E-state index contributed by atoms with van der Waals surface area (Å²) >= 11 is 0. The van der Waals surface area contributed by atoms with Gasteiger partial charge in [-0.3, -0.25) is 4.79 Å². The fourth-order valence-corrected chi connectivity index (χ4v) is 1.79. The Hall–Kier alpha value is -1.97. The number of rotatable bonds is 3. The number of carbonyl (C=O) groups excluding carboxylic acids is 1. The number of hydrogen-bond donors (Lipinski definition) is 0. The molecule has 3 nitrogen and oxygen atoms in total. The summed E-state index contributed by atoms with van der Waals surface area (Å²) in [5.74, 6) is -0.347. The molecule has 0 saturated heterocycles. The van der Waals surface area contributed by atoms with Gasteiger partial charge in [-0.2, -0.15) is 9.49 Å². The summed E-state index contributed by atoms with van der Waals surface area (Å²) < 4.78 is 15.4. The van der Waals surface area contributed by atoms with E-state index < -0.39 is 0 Å².